The molecule has 3 aromatic heterocycles. The summed E-state index contributed by atoms with van der Waals surface area (Å²) in [6.07, 6.45) is 3.41. The largest absolute Gasteiger partial charge is 0.486 e. The van der Waals surface area contributed by atoms with Crippen molar-refractivity contribution >= 4 is 50.0 Å². The molecule has 1 aliphatic heterocycles. The van der Waals surface area contributed by atoms with Crippen molar-refractivity contribution in [3.8, 4) is 5.75 Å². The molecule has 1 aromatic carbocycles. The second-order valence-electron chi connectivity index (χ2n) is 7.39. The summed E-state index contributed by atoms with van der Waals surface area (Å²) in [4.78, 5) is 33.2. The highest BCUT2D eigenvalue weighted by atomic mass is 32.2. The minimum atomic E-state index is -0.150. The highest BCUT2D eigenvalue weighted by Gasteiger charge is 2.28. The lowest BCUT2D eigenvalue weighted by molar-refractivity contribution is 0.0773. The average Bonchev–Trinajstić information content (AvgIpc) is 3.43. The van der Waals surface area contributed by atoms with Gasteiger partial charge in [-0.05, 0) is 23.8 Å². The Labute approximate surface area is 242 Å². The first-order valence-electron chi connectivity index (χ1n) is 14.1. The van der Waals surface area contributed by atoms with Crippen LogP contribution in [0.1, 0.15) is 70.6 Å². The Morgan fingerprint density at radius 2 is 1.51 bits per heavy atom. The van der Waals surface area contributed by atoms with Crippen LogP contribution in [0.5, 0.6) is 5.75 Å². The molecule has 4 heterocycles. The molecule has 0 spiro atoms. The Morgan fingerprint density at radius 1 is 0.923 bits per heavy atom. The molecule has 1 fully saturated rings. The number of thioether (sulfide) groups is 1. The Bertz CT molecular complexity index is 1330. The highest BCUT2D eigenvalue weighted by molar-refractivity contribution is 7.99. The van der Waals surface area contributed by atoms with Crippen molar-refractivity contribution < 1.29 is 9.53 Å². The molecule has 6 nitrogen and oxygen atoms in total. The quantitative estimate of drug-likeness (QED) is 0.248. The van der Waals surface area contributed by atoms with E-state index in [2.05, 4.69) is 4.98 Å². The van der Waals surface area contributed by atoms with Gasteiger partial charge >= 0.3 is 0 Å². The molecule has 5 rings (SSSR count). The van der Waals surface area contributed by atoms with E-state index in [9.17, 15) is 9.59 Å². The Kier molecular flexibility index (Phi) is 16.2. The van der Waals surface area contributed by atoms with Gasteiger partial charge < -0.3 is 14.2 Å². The van der Waals surface area contributed by atoms with Crippen molar-refractivity contribution in [1.29, 1.82) is 0 Å². The van der Waals surface area contributed by atoms with Crippen molar-refractivity contribution in [2.45, 2.75) is 62.0 Å². The molecule has 39 heavy (non-hydrogen) atoms. The number of aryl methyl sites for hydroxylation is 1. The molecule has 1 aliphatic rings. The molecule has 0 bridgehead atoms. The van der Waals surface area contributed by atoms with Gasteiger partial charge in [0.05, 0.1) is 10.2 Å². The van der Waals surface area contributed by atoms with Crippen LogP contribution in [0.4, 0.5) is 0 Å². The highest BCUT2D eigenvalue weighted by Crippen LogP contribution is 2.40. The van der Waals surface area contributed by atoms with Crippen LogP contribution in [-0.4, -0.2) is 45.0 Å². The lowest BCUT2D eigenvalue weighted by atomic mass is 10.1. The summed E-state index contributed by atoms with van der Waals surface area (Å²) in [5, 5.41) is 1.43. The van der Waals surface area contributed by atoms with E-state index < -0.39 is 0 Å². The number of carbonyl (C=O) groups excluding carboxylic acids is 1. The van der Waals surface area contributed by atoms with Crippen LogP contribution in [0.3, 0.4) is 0 Å². The molecule has 0 N–H and O–H groups in total. The number of nitrogens with zero attached hydrogens (tertiary/aromatic N) is 3. The van der Waals surface area contributed by atoms with Gasteiger partial charge in [0.2, 0.25) is 0 Å². The minimum absolute atomic E-state index is 0.0580. The zero-order valence-corrected chi connectivity index (χ0v) is 26.7. The summed E-state index contributed by atoms with van der Waals surface area (Å²) in [7, 11) is 1.76. The molecule has 1 amide bonds. The molecular formula is C31H45N3O3S2. The van der Waals surface area contributed by atoms with E-state index in [4.69, 9.17) is 4.74 Å². The molecule has 0 radical (unpaired) electrons. The molecular weight excluding hydrogens is 526 g/mol. The Hall–Kier alpha value is -2.84. The van der Waals surface area contributed by atoms with E-state index in [1.807, 2.05) is 108 Å². The normalized spacial score (nSPS) is 12.0. The lowest BCUT2D eigenvalue weighted by Crippen LogP contribution is -2.37. The summed E-state index contributed by atoms with van der Waals surface area (Å²) in [6.45, 7) is 17.7. The molecule has 0 saturated carbocycles. The number of para-hydroxylation sites is 1. The Morgan fingerprint density at radius 3 is 2.13 bits per heavy atom. The third kappa shape index (κ3) is 8.08. The van der Waals surface area contributed by atoms with Gasteiger partial charge in [0.25, 0.3) is 11.5 Å². The predicted octanol–water partition coefficient (Wildman–Crippen LogP) is 8.02. The molecule has 0 atom stereocenters. The first-order valence-corrected chi connectivity index (χ1v) is 16.0. The third-order valence-corrected chi connectivity index (χ3v) is 7.65. The van der Waals surface area contributed by atoms with Crippen LogP contribution < -0.4 is 10.3 Å². The first kappa shape index (κ1) is 34.2. The fraction of sp³-hybridized carbons (Fsp3) is 0.452. The van der Waals surface area contributed by atoms with Crippen LogP contribution in [-0.2, 0) is 13.7 Å². The van der Waals surface area contributed by atoms with Gasteiger partial charge in [-0.2, -0.15) is 11.8 Å². The van der Waals surface area contributed by atoms with E-state index in [0.717, 1.165) is 32.7 Å². The summed E-state index contributed by atoms with van der Waals surface area (Å²) in [6, 6.07) is 11.5. The number of hydrogen-bond acceptors (Lipinski definition) is 6. The van der Waals surface area contributed by atoms with Gasteiger partial charge in [0.15, 0.2) is 5.75 Å². The number of aromatic nitrogens is 2. The van der Waals surface area contributed by atoms with Crippen molar-refractivity contribution in [3.63, 3.8) is 0 Å². The smallest absolute Gasteiger partial charge is 0.267 e. The van der Waals surface area contributed by atoms with E-state index in [1.54, 1.807) is 24.0 Å². The fourth-order valence-corrected chi connectivity index (χ4v) is 6.00. The number of pyridine rings is 2. The maximum absolute atomic E-state index is 13.5. The number of carbonyl (C=O) groups is 1. The summed E-state index contributed by atoms with van der Waals surface area (Å²) in [5.74, 6) is 2.19. The summed E-state index contributed by atoms with van der Waals surface area (Å²) >= 11 is 3.22. The monoisotopic (exact) mass is 571 g/mol. The van der Waals surface area contributed by atoms with Gasteiger partial charge in [-0.25, -0.2) is 0 Å². The van der Waals surface area contributed by atoms with Gasteiger partial charge in [-0.3, -0.25) is 14.6 Å². The molecule has 0 unspecified atom stereocenters. The van der Waals surface area contributed by atoms with Crippen LogP contribution in [0.15, 0.2) is 53.6 Å². The zero-order valence-electron chi connectivity index (χ0n) is 25.0. The number of rotatable bonds is 4. The van der Waals surface area contributed by atoms with Crippen molar-refractivity contribution in [1.82, 2.24) is 14.5 Å². The van der Waals surface area contributed by atoms with E-state index in [1.165, 1.54) is 11.3 Å². The lowest BCUT2D eigenvalue weighted by Gasteiger charge is -2.26. The van der Waals surface area contributed by atoms with E-state index in [0.29, 0.717) is 29.1 Å². The molecule has 214 valence electrons. The molecule has 4 aromatic rings. The number of amides is 1. The number of hydrogen-bond donors (Lipinski definition) is 0. The topological polar surface area (TPSA) is 64.4 Å². The van der Waals surface area contributed by atoms with Crippen molar-refractivity contribution in [3.05, 3.63) is 69.6 Å². The third-order valence-electron chi connectivity index (χ3n) is 5.52. The second-order valence-corrected chi connectivity index (χ2v) is 9.64. The van der Waals surface area contributed by atoms with Gasteiger partial charge in [-0.1, -0.05) is 73.6 Å². The maximum atomic E-state index is 13.5. The zero-order chi connectivity index (χ0) is 29.4. The van der Waals surface area contributed by atoms with Crippen LogP contribution in [0, 0.1) is 0 Å². The standard InChI is InChI=1S/C23H21N3O3S2.4C2H6/c1-25-17-5-3-2-4-16(17)20-18(22(25)27)19(29-14-15-6-8-24-9-7-15)21(31-20)23(28)26-10-12-30-13-11-26;4*1-2/h2-9H,10-14H2,1H3;4*1-2H3. The maximum Gasteiger partial charge on any atom is 0.267 e. The summed E-state index contributed by atoms with van der Waals surface area (Å²) < 4.78 is 8.63. The number of ether oxygens (including phenoxy) is 1. The Balaban J connectivity index is 0.000000874. The number of benzene rings is 1. The van der Waals surface area contributed by atoms with E-state index in [-0.39, 0.29) is 18.1 Å². The van der Waals surface area contributed by atoms with Crippen LogP contribution in [0.2, 0.25) is 0 Å². The van der Waals surface area contributed by atoms with Gasteiger partial charge in [-0.15, -0.1) is 11.3 Å². The van der Waals surface area contributed by atoms with Crippen molar-refractivity contribution in [2.75, 3.05) is 24.6 Å². The van der Waals surface area contributed by atoms with Crippen molar-refractivity contribution in [2.24, 2.45) is 7.05 Å². The van der Waals surface area contributed by atoms with E-state index >= 15 is 0 Å². The molecule has 0 aliphatic carbocycles. The molecule has 8 heteroatoms. The van der Waals surface area contributed by atoms with Crippen LogP contribution >= 0.6 is 23.1 Å². The predicted molar refractivity (Wildman–Crippen MR) is 172 cm³/mol. The second kappa shape index (κ2) is 18.4. The first-order chi connectivity index (χ1) is 19.1. The number of fused-ring (bicyclic) bond motifs is 3. The fourth-order valence-electron chi connectivity index (χ4n) is 3.86. The summed E-state index contributed by atoms with van der Waals surface area (Å²) in [5.41, 5.74) is 1.62. The van der Waals surface area contributed by atoms with Gasteiger partial charge in [0, 0.05) is 49.4 Å². The van der Waals surface area contributed by atoms with Crippen LogP contribution in [0.25, 0.3) is 21.0 Å². The van der Waals surface area contributed by atoms with Gasteiger partial charge in [0.1, 0.15) is 16.9 Å². The molecule has 1 saturated heterocycles. The number of thiophene rings is 1. The average molecular weight is 572 g/mol. The minimum Gasteiger partial charge on any atom is -0.486 e. The SMILES string of the molecule is CC.CC.CC.CC.Cn1c(=O)c2c(OCc3ccncc3)c(C(=O)N3CCSCC3)sc2c2ccccc21.